The first kappa shape index (κ1) is 9.86. The van der Waals surface area contributed by atoms with E-state index in [2.05, 4.69) is 6.92 Å². The van der Waals surface area contributed by atoms with E-state index in [1.165, 1.54) is 12.0 Å². The van der Waals surface area contributed by atoms with E-state index in [0.717, 1.165) is 25.3 Å². The SMILES string of the molecule is CCCC/C=C/C(=O)C=C=O. The van der Waals surface area contributed by atoms with Crippen molar-refractivity contribution in [1.29, 1.82) is 0 Å². The molecule has 0 saturated heterocycles. The molecule has 60 valence electrons. The number of ketones is 1. The standard InChI is InChI=1S/C9H12O2/c1-2-3-4-5-6-9(11)7-8-10/h5-7H,2-4H2,1H3/b6-5+. The van der Waals surface area contributed by atoms with Crippen LogP contribution < -0.4 is 0 Å². The largest absolute Gasteiger partial charge is 0.289 e. The second-order valence-corrected chi connectivity index (χ2v) is 2.21. The zero-order valence-electron chi connectivity index (χ0n) is 6.67. The minimum atomic E-state index is -0.281. The summed E-state index contributed by atoms with van der Waals surface area (Å²) >= 11 is 0. The van der Waals surface area contributed by atoms with E-state index in [9.17, 15) is 9.59 Å². The molecule has 0 aromatic carbocycles. The molecular weight excluding hydrogens is 140 g/mol. The second-order valence-electron chi connectivity index (χ2n) is 2.21. The third kappa shape index (κ3) is 6.75. The summed E-state index contributed by atoms with van der Waals surface area (Å²) in [4.78, 5) is 20.3. The van der Waals surface area contributed by atoms with Crippen molar-refractivity contribution in [3.63, 3.8) is 0 Å². The predicted octanol–water partition coefficient (Wildman–Crippen LogP) is 1.69. The number of hydrogen-bond acceptors (Lipinski definition) is 2. The molecule has 0 bridgehead atoms. The molecule has 0 heterocycles. The molecule has 0 unspecified atom stereocenters. The summed E-state index contributed by atoms with van der Waals surface area (Å²) < 4.78 is 0. The van der Waals surface area contributed by atoms with Crippen molar-refractivity contribution in [2.45, 2.75) is 26.2 Å². The lowest BCUT2D eigenvalue weighted by Crippen LogP contribution is -1.84. The Labute approximate surface area is 66.6 Å². The summed E-state index contributed by atoms with van der Waals surface area (Å²) in [7, 11) is 0. The molecule has 2 heteroatoms. The van der Waals surface area contributed by atoms with Crippen LogP contribution in [0.1, 0.15) is 26.2 Å². The number of rotatable bonds is 5. The van der Waals surface area contributed by atoms with Gasteiger partial charge in [-0.3, -0.25) is 4.79 Å². The van der Waals surface area contributed by atoms with Crippen LogP contribution in [0, 0.1) is 0 Å². The second kappa shape index (κ2) is 6.97. The molecule has 0 aromatic heterocycles. The Kier molecular flexibility index (Phi) is 6.25. The van der Waals surface area contributed by atoms with E-state index in [1.54, 1.807) is 6.08 Å². The highest BCUT2D eigenvalue weighted by Gasteiger charge is 1.86. The smallest absolute Gasteiger partial charge is 0.189 e. The van der Waals surface area contributed by atoms with Crippen LogP contribution in [0.3, 0.4) is 0 Å². The maximum atomic E-state index is 10.6. The Hall–Kier alpha value is -1.14. The monoisotopic (exact) mass is 152 g/mol. The summed E-state index contributed by atoms with van der Waals surface area (Å²) in [6.07, 6.45) is 7.16. The van der Waals surface area contributed by atoms with Gasteiger partial charge in [-0.05, 0) is 12.5 Å². The maximum Gasteiger partial charge on any atom is 0.189 e. The number of carbonyl (C=O) groups excluding carboxylic acids is 2. The first-order valence-electron chi connectivity index (χ1n) is 3.72. The van der Waals surface area contributed by atoms with Gasteiger partial charge in [-0.1, -0.05) is 25.8 Å². The lowest BCUT2D eigenvalue weighted by atomic mass is 10.2. The highest BCUT2D eigenvalue weighted by molar-refractivity contribution is 6.03. The van der Waals surface area contributed by atoms with Crippen molar-refractivity contribution in [1.82, 2.24) is 0 Å². The fourth-order valence-corrected chi connectivity index (χ4v) is 0.628. The lowest BCUT2D eigenvalue weighted by molar-refractivity contribution is -0.110. The fourth-order valence-electron chi connectivity index (χ4n) is 0.628. The van der Waals surface area contributed by atoms with Gasteiger partial charge in [0, 0.05) is 0 Å². The Morgan fingerprint density at radius 3 is 2.82 bits per heavy atom. The zero-order chi connectivity index (χ0) is 8.53. The van der Waals surface area contributed by atoms with E-state index in [-0.39, 0.29) is 5.78 Å². The molecule has 0 aliphatic rings. The third-order valence-electron chi connectivity index (χ3n) is 1.21. The van der Waals surface area contributed by atoms with Gasteiger partial charge in [0.05, 0.1) is 6.08 Å². The van der Waals surface area contributed by atoms with Crippen LogP contribution in [0.25, 0.3) is 0 Å². The van der Waals surface area contributed by atoms with Gasteiger partial charge in [-0.15, -0.1) is 0 Å². The number of hydrogen-bond donors (Lipinski definition) is 0. The van der Waals surface area contributed by atoms with Crippen LogP contribution in [0.5, 0.6) is 0 Å². The molecule has 0 amide bonds. The Morgan fingerprint density at radius 2 is 2.27 bits per heavy atom. The van der Waals surface area contributed by atoms with Crippen LogP contribution in [0.4, 0.5) is 0 Å². The van der Waals surface area contributed by atoms with Gasteiger partial charge in [0.25, 0.3) is 0 Å². The summed E-state index contributed by atoms with van der Waals surface area (Å²) in [6.45, 7) is 2.08. The molecule has 0 spiro atoms. The van der Waals surface area contributed by atoms with Crippen molar-refractivity contribution in [3.8, 4) is 0 Å². The Bertz CT molecular complexity index is 186. The quantitative estimate of drug-likeness (QED) is 0.341. The highest BCUT2D eigenvalue weighted by Crippen LogP contribution is 1.94. The molecule has 0 aromatic rings. The lowest BCUT2D eigenvalue weighted by Gasteiger charge is -1.85. The fraction of sp³-hybridized carbons (Fsp3) is 0.444. The molecule has 0 N–H and O–H groups in total. The minimum absolute atomic E-state index is 0.281. The number of allylic oxidation sites excluding steroid dienone is 3. The van der Waals surface area contributed by atoms with Crippen LogP contribution in [-0.2, 0) is 9.59 Å². The van der Waals surface area contributed by atoms with Crippen molar-refractivity contribution in [3.05, 3.63) is 18.2 Å². The first-order chi connectivity index (χ1) is 5.31. The van der Waals surface area contributed by atoms with Crippen LogP contribution in [-0.4, -0.2) is 11.7 Å². The molecule has 0 aliphatic carbocycles. The first-order valence-corrected chi connectivity index (χ1v) is 3.72. The van der Waals surface area contributed by atoms with Gasteiger partial charge in [-0.25, -0.2) is 4.79 Å². The van der Waals surface area contributed by atoms with Crippen LogP contribution in [0.2, 0.25) is 0 Å². The summed E-state index contributed by atoms with van der Waals surface area (Å²) in [5, 5.41) is 0. The van der Waals surface area contributed by atoms with Crippen molar-refractivity contribution >= 4 is 11.7 Å². The van der Waals surface area contributed by atoms with Gasteiger partial charge in [-0.2, -0.15) is 0 Å². The van der Waals surface area contributed by atoms with Crippen LogP contribution in [0.15, 0.2) is 18.2 Å². The average molecular weight is 152 g/mol. The van der Waals surface area contributed by atoms with E-state index in [4.69, 9.17) is 0 Å². The summed E-state index contributed by atoms with van der Waals surface area (Å²) in [6, 6.07) is 0. The van der Waals surface area contributed by atoms with Gasteiger partial charge in [0.15, 0.2) is 5.78 Å². The molecule has 0 saturated carbocycles. The third-order valence-corrected chi connectivity index (χ3v) is 1.21. The molecule has 0 aliphatic heterocycles. The van der Waals surface area contributed by atoms with E-state index >= 15 is 0 Å². The normalized spacial score (nSPS) is 9.55. The Morgan fingerprint density at radius 1 is 1.55 bits per heavy atom. The van der Waals surface area contributed by atoms with Gasteiger partial charge < -0.3 is 0 Å². The van der Waals surface area contributed by atoms with Crippen molar-refractivity contribution in [2.75, 3.05) is 0 Å². The number of carbonyl (C=O) groups is 1. The van der Waals surface area contributed by atoms with Crippen LogP contribution >= 0.6 is 0 Å². The van der Waals surface area contributed by atoms with E-state index in [0.29, 0.717) is 0 Å². The van der Waals surface area contributed by atoms with Gasteiger partial charge >= 0.3 is 0 Å². The Balaban J connectivity index is 3.56. The van der Waals surface area contributed by atoms with Gasteiger partial charge in [0.2, 0.25) is 0 Å². The molecule has 11 heavy (non-hydrogen) atoms. The maximum absolute atomic E-state index is 10.6. The summed E-state index contributed by atoms with van der Waals surface area (Å²) in [5.41, 5.74) is 0. The highest BCUT2D eigenvalue weighted by atomic mass is 16.1. The molecule has 0 radical (unpaired) electrons. The van der Waals surface area contributed by atoms with Crippen molar-refractivity contribution < 1.29 is 9.59 Å². The predicted molar refractivity (Wildman–Crippen MR) is 43.9 cm³/mol. The average Bonchev–Trinajstić information content (AvgIpc) is 1.99. The van der Waals surface area contributed by atoms with E-state index in [1.807, 2.05) is 0 Å². The molecule has 0 atom stereocenters. The topological polar surface area (TPSA) is 34.1 Å². The summed E-state index contributed by atoms with van der Waals surface area (Å²) in [5.74, 6) is 1.15. The zero-order valence-corrected chi connectivity index (χ0v) is 6.67. The molecular formula is C9H12O2. The molecule has 0 fully saturated rings. The molecule has 2 nitrogen and oxygen atoms in total. The minimum Gasteiger partial charge on any atom is -0.289 e. The molecule has 0 rings (SSSR count). The van der Waals surface area contributed by atoms with E-state index < -0.39 is 0 Å². The number of unbranched alkanes of at least 4 members (excludes halogenated alkanes) is 2. The van der Waals surface area contributed by atoms with Crippen molar-refractivity contribution in [2.24, 2.45) is 0 Å². The van der Waals surface area contributed by atoms with Gasteiger partial charge in [0.1, 0.15) is 5.94 Å².